The average Bonchev–Trinajstić information content (AvgIpc) is 2.29. The molecule has 1 rings (SSSR count). The Morgan fingerprint density at radius 3 is 2.12 bits per heavy atom. The summed E-state index contributed by atoms with van der Waals surface area (Å²) in [5.41, 5.74) is 6.49. The summed E-state index contributed by atoms with van der Waals surface area (Å²) in [6, 6.07) is 8.12. The van der Waals surface area contributed by atoms with Gasteiger partial charge in [0, 0.05) is 16.5 Å². The second-order valence-corrected chi connectivity index (χ2v) is 4.98. The Kier molecular flexibility index (Phi) is 6.34. The normalized spacial score (nSPS) is 10.9. The van der Waals surface area contributed by atoms with Crippen LogP contribution in [0.3, 0.4) is 0 Å². The molecule has 2 nitrogen and oxygen atoms in total. The molecule has 0 bridgehead atoms. The zero-order valence-electron chi connectivity index (χ0n) is 10.3. The minimum Gasteiger partial charge on any atom is -0.399 e. The molecule has 0 aliphatic heterocycles. The van der Waals surface area contributed by atoms with E-state index in [1.54, 1.807) is 0 Å². The molecule has 0 saturated heterocycles. The lowest BCUT2D eigenvalue weighted by Crippen LogP contribution is -2.24. The lowest BCUT2D eigenvalue weighted by molar-refractivity contribution is 0.322. The van der Waals surface area contributed by atoms with Gasteiger partial charge in [-0.05, 0) is 50.2 Å². The Morgan fingerprint density at radius 1 is 1.06 bits per heavy atom. The van der Waals surface area contributed by atoms with Gasteiger partial charge in [0.15, 0.2) is 0 Å². The fourth-order valence-corrected chi connectivity index (χ4v) is 2.52. The van der Waals surface area contributed by atoms with Gasteiger partial charge in [0.2, 0.25) is 0 Å². The fraction of sp³-hybridized carbons (Fsp3) is 0.538. The van der Waals surface area contributed by atoms with Crippen molar-refractivity contribution in [2.75, 3.05) is 24.7 Å². The topological polar surface area (TPSA) is 29.3 Å². The van der Waals surface area contributed by atoms with Gasteiger partial charge in [-0.2, -0.15) is 0 Å². The van der Waals surface area contributed by atoms with E-state index < -0.39 is 0 Å². The van der Waals surface area contributed by atoms with Crippen molar-refractivity contribution < 1.29 is 0 Å². The minimum atomic E-state index is 0.836. The Bertz CT molecular complexity index is 278. The highest BCUT2D eigenvalue weighted by Gasteiger charge is 2.02. The third kappa shape index (κ3) is 4.90. The van der Waals surface area contributed by atoms with Crippen molar-refractivity contribution in [1.82, 2.24) is 4.90 Å². The number of hydrogen-bond acceptors (Lipinski definition) is 3. The molecule has 0 aromatic heterocycles. The van der Waals surface area contributed by atoms with Crippen LogP contribution in [0.15, 0.2) is 29.2 Å². The highest BCUT2D eigenvalue weighted by molar-refractivity contribution is 7.99. The average molecular weight is 238 g/mol. The van der Waals surface area contributed by atoms with Crippen molar-refractivity contribution in [3.63, 3.8) is 0 Å². The molecule has 90 valence electrons. The number of hydrogen-bond donors (Lipinski definition) is 1. The third-order valence-electron chi connectivity index (χ3n) is 2.37. The molecule has 0 saturated carbocycles. The van der Waals surface area contributed by atoms with E-state index >= 15 is 0 Å². The van der Waals surface area contributed by atoms with Gasteiger partial charge in [-0.15, -0.1) is 11.8 Å². The predicted octanol–water partition coefficient (Wildman–Crippen LogP) is 3.44. The lowest BCUT2D eigenvalue weighted by atomic mass is 10.3. The zero-order chi connectivity index (χ0) is 11.8. The molecular formula is C13H22N2S. The van der Waals surface area contributed by atoms with Crippen LogP contribution in [0.2, 0.25) is 0 Å². The first-order valence-electron chi connectivity index (χ1n) is 5.97. The molecule has 0 spiro atoms. The fourth-order valence-electron chi connectivity index (χ4n) is 1.60. The van der Waals surface area contributed by atoms with Gasteiger partial charge in [-0.25, -0.2) is 0 Å². The first kappa shape index (κ1) is 13.4. The number of rotatable bonds is 7. The van der Waals surface area contributed by atoms with E-state index in [1.165, 1.54) is 30.8 Å². The van der Waals surface area contributed by atoms with Crippen molar-refractivity contribution >= 4 is 17.4 Å². The third-order valence-corrected chi connectivity index (χ3v) is 3.47. The summed E-state index contributed by atoms with van der Waals surface area (Å²) in [5.74, 6) is 1.07. The number of benzene rings is 1. The van der Waals surface area contributed by atoms with Crippen molar-refractivity contribution in [3.8, 4) is 0 Å². The summed E-state index contributed by atoms with van der Waals surface area (Å²) in [6.07, 6.45) is 2.45. The maximum atomic E-state index is 5.66. The van der Waals surface area contributed by atoms with Gasteiger partial charge in [-0.3, -0.25) is 4.90 Å². The van der Waals surface area contributed by atoms with Crippen LogP contribution >= 0.6 is 11.8 Å². The molecule has 0 aliphatic rings. The molecule has 0 amide bonds. The van der Waals surface area contributed by atoms with E-state index in [0.29, 0.717) is 0 Å². The molecule has 1 aromatic rings. The number of nitrogens with two attached hydrogens (primary N) is 1. The van der Waals surface area contributed by atoms with Crippen molar-refractivity contribution in [2.24, 2.45) is 0 Å². The molecule has 3 heteroatoms. The molecule has 0 fully saturated rings. The van der Waals surface area contributed by atoms with Crippen LogP contribution in [0.4, 0.5) is 5.69 Å². The number of nitrogen functional groups attached to an aromatic ring is 1. The number of nitrogens with zero attached hydrogens (tertiary/aromatic N) is 1. The number of thioether (sulfide) groups is 1. The zero-order valence-corrected chi connectivity index (χ0v) is 11.1. The highest BCUT2D eigenvalue weighted by atomic mass is 32.2. The summed E-state index contributed by atoms with van der Waals surface area (Å²) >= 11 is 1.89. The summed E-state index contributed by atoms with van der Waals surface area (Å²) in [6.45, 7) is 6.85. The summed E-state index contributed by atoms with van der Waals surface area (Å²) in [4.78, 5) is 3.80. The summed E-state index contributed by atoms with van der Waals surface area (Å²) < 4.78 is 0. The molecule has 0 radical (unpaired) electrons. The highest BCUT2D eigenvalue weighted by Crippen LogP contribution is 2.20. The standard InChI is InChI=1S/C13H22N2S/c1-3-9-15(10-4-2)11-16-13-7-5-12(14)6-8-13/h5-8H,3-4,9-11,14H2,1-2H3. The number of anilines is 1. The van der Waals surface area contributed by atoms with Crippen LogP contribution in [-0.4, -0.2) is 23.9 Å². The Labute approximate surface area is 103 Å². The molecule has 0 atom stereocenters. The first-order chi connectivity index (χ1) is 7.76. The second kappa shape index (κ2) is 7.58. The van der Waals surface area contributed by atoms with Gasteiger partial charge < -0.3 is 5.73 Å². The van der Waals surface area contributed by atoms with Crippen LogP contribution in [-0.2, 0) is 0 Å². The molecule has 1 aromatic carbocycles. The van der Waals surface area contributed by atoms with Gasteiger partial charge in [0.25, 0.3) is 0 Å². The van der Waals surface area contributed by atoms with Crippen molar-refractivity contribution in [3.05, 3.63) is 24.3 Å². The monoisotopic (exact) mass is 238 g/mol. The van der Waals surface area contributed by atoms with Crippen LogP contribution < -0.4 is 5.73 Å². The maximum Gasteiger partial charge on any atom is 0.0491 e. The lowest BCUT2D eigenvalue weighted by Gasteiger charge is -2.20. The van der Waals surface area contributed by atoms with Crippen molar-refractivity contribution in [1.29, 1.82) is 0 Å². The van der Waals surface area contributed by atoms with Crippen molar-refractivity contribution in [2.45, 2.75) is 31.6 Å². The molecule has 0 aliphatic carbocycles. The molecule has 0 heterocycles. The first-order valence-corrected chi connectivity index (χ1v) is 6.95. The Morgan fingerprint density at radius 2 is 1.62 bits per heavy atom. The van der Waals surface area contributed by atoms with E-state index in [0.717, 1.165) is 11.6 Å². The molecular weight excluding hydrogens is 216 g/mol. The molecule has 16 heavy (non-hydrogen) atoms. The second-order valence-electron chi connectivity index (χ2n) is 3.96. The van der Waals surface area contributed by atoms with Crippen LogP contribution in [0, 0.1) is 0 Å². The quantitative estimate of drug-likeness (QED) is 0.448. The van der Waals surface area contributed by atoms with Gasteiger partial charge in [0.05, 0.1) is 0 Å². The van der Waals surface area contributed by atoms with Crippen LogP contribution in [0.5, 0.6) is 0 Å². The van der Waals surface area contributed by atoms with Gasteiger partial charge in [0.1, 0.15) is 0 Å². The van der Waals surface area contributed by atoms with E-state index in [1.807, 2.05) is 23.9 Å². The van der Waals surface area contributed by atoms with Gasteiger partial charge in [-0.1, -0.05) is 13.8 Å². The van der Waals surface area contributed by atoms with Gasteiger partial charge >= 0.3 is 0 Å². The molecule has 0 unspecified atom stereocenters. The summed E-state index contributed by atoms with van der Waals surface area (Å²) in [5, 5.41) is 0. The summed E-state index contributed by atoms with van der Waals surface area (Å²) in [7, 11) is 0. The van der Waals surface area contributed by atoms with E-state index in [2.05, 4.69) is 30.9 Å². The minimum absolute atomic E-state index is 0.836. The molecule has 2 N–H and O–H groups in total. The van der Waals surface area contributed by atoms with E-state index in [-0.39, 0.29) is 0 Å². The predicted molar refractivity (Wildman–Crippen MR) is 73.7 cm³/mol. The van der Waals surface area contributed by atoms with E-state index in [4.69, 9.17) is 5.73 Å². The van der Waals surface area contributed by atoms with E-state index in [9.17, 15) is 0 Å². The van der Waals surface area contributed by atoms with Crippen LogP contribution in [0.25, 0.3) is 0 Å². The van der Waals surface area contributed by atoms with Crippen LogP contribution in [0.1, 0.15) is 26.7 Å². The largest absolute Gasteiger partial charge is 0.399 e. The SMILES string of the molecule is CCCN(CCC)CSc1ccc(N)cc1. The Hall–Kier alpha value is -0.670. The smallest absolute Gasteiger partial charge is 0.0491 e. The Balaban J connectivity index is 2.38. The maximum absolute atomic E-state index is 5.66.